The van der Waals surface area contributed by atoms with Crippen molar-refractivity contribution in [3.63, 3.8) is 0 Å². The van der Waals surface area contributed by atoms with Crippen LogP contribution < -0.4 is 4.74 Å². The molecule has 0 saturated carbocycles. The van der Waals surface area contributed by atoms with Crippen LogP contribution in [0.3, 0.4) is 0 Å². The smallest absolute Gasteiger partial charge is 0.343 e. The molecular formula is C19H17ClO4. The zero-order chi connectivity index (χ0) is 17.9. The highest BCUT2D eigenvalue weighted by molar-refractivity contribution is 6.30. The van der Waals surface area contributed by atoms with E-state index in [1.54, 1.807) is 38.1 Å². The summed E-state index contributed by atoms with van der Waals surface area (Å²) in [4.78, 5) is 36.5. The maximum Gasteiger partial charge on any atom is 0.343 e. The summed E-state index contributed by atoms with van der Waals surface area (Å²) >= 11 is 5.80. The summed E-state index contributed by atoms with van der Waals surface area (Å²) in [6.45, 7) is 4.86. The van der Waals surface area contributed by atoms with Crippen LogP contribution in [0.2, 0.25) is 5.02 Å². The molecule has 5 heteroatoms. The SMILES string of the molecule is CCC(=O)c1cc(C)cc(C(C)=O)c1OC(=O)c1ccc(Cl)cc1. The lowest BCUT2D eigenvalue weighted by atomic mass is 9.98. The zero-order valence-electron chi connectivity index (χ0n) is 13.7. The third-order valence-corrected chi connectivity index (χ3v) is 3.76. The van der Waals surface area contributed by atoms with Gasteiger partial charge in [0.2, 0.25) is 0 Å². The van der Waals surface area contributed by atoms with Gasteiger partial charge in [0.15, 0.2) is 17.3 Å². The van der Waals surface area contributed by atoms with Crippen molar-refractivity contribution in [2.75, 3.05) is 0 Å². The van der Waals surface area contributed by atoms with Crippen LogP contribution in [0.5, 0.6) is 5.75 Å². The van der Waals surface area contributed by atoms with E-state index in [0.29, 0.717) is 5.02 Å². The maximum atomic E-state index is 12.4. The van der Waals surface area contributed by atoms with Gasteiger partial charge in [-0.2, -0.15) is 0 Å². The van der Waals surface area contributed by atoms with Gasteiger partial charge in [-0.05, 0) is 55.8 Å². The second-order valence-electron chi connectivity index (χ2n) is 5.42. The van der Waals surface area contributed by atoms with Crippen molar-refractivity contribution < 1.29 is 19.1 Å². The zero-order valence-corrected chi connectivity index (χ0v) is 14.4. The second kappa shape index (κ2) is 7.41. The standard InChI is InChI=1S/C19H17ClO4/c1-4-17(22)16-10-11(2)9-15(12(3)21)18(16)24-19(23)13-5-7-14(20)8-6-13/h5-10H,4H2,1-3H3. The summed E-state index contributed by atoms with van der Waals surface area (Å²) in [5.74, 6) is -1.11. The molecule has 0 saturated heterocycles. The first kappa shape index (κ1) is 17.9. The molecule has 0 aliphatic heterocycles. The van der Waals surface area contributed by atoms with Crippen molar-refractivity contribution in [1.29, 1.82) is 0 Å². The van der Waals surface area contributed by atoms with Gasteiger partial charge in [-0.1, -0.05) is 18.5 Å². The van der Waals surface area contributed by atoms with Crippen LogP contribution in [0.4, 0.5) is 0 Å². The van der Waals surface area contributed by atoms with E-state index in [1.165, 1.54) is 19.1 Å². The molecule has 0 fully saturated rings. The average molecular weight is 345 g/mol. The van der Waals surface area contributed by atoms with Crippen LogP contribution in [0.1, 0.15) is 56.9 Å². The van der Waals surface area contributed by atoms with E-state index in [0.717, 1.165) is 5.56 Å². The Balaban J connectivity index is 2.50. The molecule has 2 aromatic carbocycles. The molecule has 0 bridgehead atoms. The quantitative estimate of drug-likeness (QED) is 0.449. The molecule has 0 aliphatic carbocycles. The molecule has 0 atom stereocenters. The molecule has 124 valence electrons. The Hall–Kier alpha value is -2.46. The Morgan fingerprint density at radius 3 is 2.17 bits per heavy atom. The highest BCUT2D eigenvalue weighted by Crippen LogP contribution is 2.29. The topological polar surface area (TPSA) is 60.4 Å². The van der Waals surface area contributed by atoms with Crippen LogP contribution >= 0.6 is 11.6 Å². The second-order valence-corrected chi connectivity index (χ2v) is 5.85. The van der Waals surface area contributed by atoms with E-state index in [-0.39, 0.29) is 40.4 Å². The predicted molar refractivity (Wildman–Crippen MR) is 92.2 cm³/mol. The summed E-state index contributed by atoms with van der Waals surface area (Å²) in [5.41, 5.74) is 1.49. The minimum absolute atomic E-state index is 0.0138. The van der Waals surface area contributed by atoms with Gasteiger partial charge in [0, 0.05) is 11.4 Å². The number of carbonyl (C=O) groups excluding carboxylic acids is 3. The number of benzene rings is 2. The number of hydrogen-bond donors (Lipinski definition) is 0. The van der Waals surface area contributed by atoms with Gasteiger partial charge < -0.3 is 4.74 Å². The molecule has 4 nitrogen and oxygen atoms in total. The first-order valence-electron chi connectivity index (χ1n) is 7.50. The van der Waals surface area contributed by atoms with Crippen molar-refractivity contribution in [1.82, 2.24) is 0 Å². The maximum absolute atomic E-state index is 12.4. The van der Waals surface area contributed by atoms with Gasteiger partial charge in [0.1, 0.15) is 0 Å². The van der Waals surface area contributed by atoms with E-state index in [2.05, 4.69) is 0 Å². The largest absolute Gasteiger partial charge is 0.421 e. The van der Waals surface area contributed by atoms with E-state index in [9.17, 15) is 14.4 Å². The van der Waals surface area contributed by atoms with Crippen LogP contribution in [-0.4, -0.2) is 17.5 Å². The number of Topliss-reactive ketones (excluding diaryl/α,β-unsaturated/α-hetero) is 2. The van der Waals surface area contributed by atoms with Crippen LogP contribution in [0.15, 0.2) is 36.4 Å². The fourth-order valence-corrected chi connectivity index (χ4v) is 2.41. The molecule has 0 spiro atoms. The molecule has 0 aromatic heterocycles. The molecule has 2 aromatic rings. The van der Waals surface area contributed by atoms with Gasteiger partial charge >= 0.3 is 5.97 Å². The molecule has 0 heterocycles. The average Bonchev–Trinajstić information content (AvgIpc) is 2.55. The normalized spacial score (nSPS) is 10.3. The van der Waals surface area contributed by atoms with Crippen molar-refractivity contribution >= 4 is 29.1 Å². The fourth-order valence-electron chi connectivity index (χ4n) is 2.28. The van der Waals surface area contributed by atoms with Crippen LogP contribution in [0.25, 0.3) is 0 Å². The van der Waals surface area contributed by atoms with Gasteiger partial charge in [-0.3, -0.25) is 9.59 Å². The summed E-state index contributed by atoms with van der Waals surface area (Å²) in [7, 11) is 0. The highest BCUT2D eigenvalue weighted by atomic mass is 35.5. The van der Waals surface area contributed by atoms with E-state index in [4.69, 9.17) is 16.3 Å². The first-order valence-corrected chi connectivity index (χ1v) is 7.87. The third-order valence-electron chi connectivity index (χ3n) is 3.51. The van der Waals surface area contributed by atoms with Gasteiger partial charge in [-0.25, -0.2) is 4.79 Å². The molecule has 0 aliphatic rings. The van der Waals surface area contributed by atoms with Gasteiger partial charge in [0.25, 0.3) is 0 Å². The third kappa shape index (κ3) is 3.89. The van der Waals surface area contributed by atoms with Crippen molar-refractivity contribution in [2.45, 2.75) is 27.2 Å². The van der Waals surface area contributed by atoms with E-state index in [1.807, 2.05) is 0 Å². The van der Waals surface area contributed by atoms with E-state index < -0.39 is 5.97 Å². The molecule has 2 rings (SSSR count). The summed E-state index contributed by atoms with van der Waals surface area (Å²) < 4.78 is 5.42. The highest BCUT2D eigenvalue weighted by Gasteiger charge is 2.22. The number of ketones is 2. The van der Waals surface area contributed by atoms with Gasteiger partial charge in [-0.15, -0.1) is 0 Å². The number of carbonyl (C=O) groups is 3. The lowest BCUT2D eigenvalue weighted by molar-refractivity contribution is 0.0730. The Bertz CT molecular complexity index is 807. The molecule has 0 unspecified atom stereocenters. The number of ether oxygens (including phenoxy) is 1. The van der Waals surface area contributed by atoms with Crippen molar-refractivity contribution in [2.24, 2.45) is 0 Å². The molecule has 0 radical (unpaired) electrons. The number of aryl methyl sites for hydroxylation is 1. The number of hydrogen-bond acceptors (Lipinski definition) is 4. The van der Waals surface area contributed by atoms with Crippen molar-refractivity contribution in [3.8, 4) is 5.75 Å². The summed E-state index contributed by atoms with van der Waals surface area (Å²) in [6.07, 6.45) is 0.242. The fraction of sp³-hybridized carbons (Fsp3) is 0.211. The molecule has 24 heavy (non-hydrogen) atoms. The first-order chi connectivity index (χ1) is 11.3. The summed E-state index contributed by atoms with van der Waals surface area (Å²) in [6, 6.07) is 9.41. The lowest BCUT2D eigenvalue weighted by Gasteiger charge is -2.14. The molecule has 0 amide bonds. The van der Waals surface area contributed by atoms with Crippen molar-refractivity contribution in [3.05, 3.63) is 63.7 Å². The minimum atomic E-state index is -0.650. The Morgan fingerprint density at radius 1 is 1.04 bits per heavy atom. The minimum Gasteiger partial charge on any atom is -0.421 e. The number of rotatable bonds is 5. The lowest BCUT2D eigenvalue weighted by Crippen LogP contribution is -2.15. The molecule has 0 N–H and O–H groups in total. The Kier molecular flexibility index (Phi) is 5.52. The van der Waals surface area contributed by atoms with Gasteiger partial charge in [0.05, 0.1) is 16.7 Å². The Morgan fingerprint density at radius 2 is 1.62 bits per heavy atom. The predicted octanol–water partition coefficient (Wildman–Crippen LogP) is 4.66. The Labute approximate surface area is 145 Å². The summed E-state index contributed by atoms with van der Waals surface area (Å²) in [5, 5.41) is 0.494. The van der Waals surface area contributed by atoms with Crippen LogP contribution in [0, 0.1) is 6.92 Å². The van der Waals surface area contributed by atoms with Crippen LogP contribution in [-0.2, 0) is 0 Å². The monoisotopic (exact) mass is 344 g/mol. The molecular weight excluding hydrogens is 328 g/mol. The van der Waals surface area contributed by atoms with E-state index >= 15 is 0 Å². The number of halogens is 1. The number of esters is 1.